The molecule has 1 N–H and O–H groups in total. The quantitative estimate of drug-likeness (QED) is 0.563. The number of imidazole rings is 1. The number of carbonyl (C=O) groups is 1. The lowest BCUT2D eigenvalue weighted by molar-refractivity contribution is -0.392. The zero-order chi connectivity index (χ0) is 19.6. The highest BCUT2D eigenvalue weighted by Crippen LogP contribution is 2.44. The number of nitrogens with one attached hydrogen (secondary N) is 1. The largest absolute Gasteiger partial charge is 0.396 e. The van der Waals surface area contributed by atoms with E-state index >= 15 is 0 Å². The van der Waals surface area contributed by atoms with E-state index in [2.05, 4.69) is 15.5 Å². The average molecular weight is 440 g/mol. The van der Waals surface area contributed by atoms with Crippen LogP contribution in [-0.4, -0.2) is 43.3 Å². The number of aryl methyl sites for hydroxylation is 1. The van der Waals surface area contributed by atoms with Gasteiger partial charge in [0, 0.05) is 13.6 Å². The van der Waals surface area contributed by atoms with E-state index in [9.17, 15) is 14.9 Å². The fourth-order valence-electron chi connectivity index (χ4n) is 3.23. The Balaban J connectivity index is 1.52. The molecule has 1 unspecified atom stereocenters. The van der Waals surface area contributed by atoms with Crippen molar-refractivity contribution in [3.8, 4) is 0 Å². The second-order valence-electron chi connectivity index (χ2n) is 6.75. The summed E-state index contributed by atoms with van der Waals surface area (Å²) in [4.78, 5) is 31.8. The predicted molar refractivity (Wildman–Crippen MR) is 106 cm³/mol. The Morgan fingerprint density at radius 2 is 2.29 bits per heavy atom. The van der Waals surface area contributed by atoms with Gasteiger partial charge >= 0.3 is 5.82 Å². The molecule has 0 saturated heterocycles. The van der Waals surface area contributed by atoms with Gasteiger partial charge in [-0.2, -0.15) is 0 Å². The topological polar surface area (TPSA) is 109 Å². The minimum Gasteiger partial charge on any atom is -0.358 e. The monoisotopic (exact) mass is 439 g/mol. The number of rotatable bonds is 5. The predicted octanol–water partition coefficient (Wildman–Crippen LogP) is 2.67. The standard InChI is InChI=1S/C15H14ClN7O3S2/c1-20-6-17-11(23(25)26)13(20)28-15-19-18-14-21(5-7-2-3-7)12(24)10-8(22(14)15)4-9(16)27-10/h4,6-7,15,19H,2-3,5H2,1H3. The fraction of sp³-hybridized carbons (Fsp3) is 0.400. The van der Waals surface area contributed by atoms with Gasteiger partial charge < -0.3 is 14.7 Å². The number of hydrogen-bond donors (Lipinski definition) is 1. The average Bonchev–Trinajstić information content (AvgIpc) is 3.05. The maximum atomic E-state index is 13.0. The molecule has 1 saturated carbocycles. The summed E-state index contributed by atoms with van der Waals surface area (Å²) >= 11 is 8.66. The molecular weight excluding hydrogens is 426 g/mol. The maximum absolute atomic E-state index is 13.0. The number of amides is 1. The van der Waals surface area contributed by atoms with Crippen molar-refractivity contribution >= 4 is 58.1 Å². The number of thioether (sulfide) groups is 1. The normalized spacial score (nSPS) is 20.7. The van der Waals surface area contributed by atoms with Crippen molar-refractivity contribution in [3.05, 3.63) is 31.7 Å². The van der Waals surface area contributed by atoms with E-state index in [0.717, 1.165) is 12.8 Å². The van der Waals surface area contributed by atoms with E-state index in [1.807, 2.05) is 4.90 Å². The number of halogens is 1. The molecule has 4 heterocycles. The molecule has 28 heavy (non-hydrogen) atoms. The molecule has 10 nitrogen and oxygen atoms in total. The van der Waals surface area contributed by atoms with Crippen molar-refractivity contribution in [2.24, 2.45) is 18.1 Å². The molecule has 1 fully saturated rings. The van der Waals surface area contributed by atoms with Crippen LogP contribution >= 0.6 is 34.7 Å². The van der Waals surface area contributed by atoms with E-state index in [-0.39, 0.29) is 11.7 Å². The zero-order valence-electron chi connectivity index (χ0n) is 14.5. The van der Waals surface area contributed by atoms with Gasteiger partial charge in [0.1, 0.15) is 4.88 Å². The smallest absolute Gasteiger partial charge is 0.358 e. The zero-order valence-corrected chi connectivity index (χ0v) is 16.9. The van der Waals surface area contributed by atoms with Crippen molar-refractivity contribution in [3.63, 3.8) is 0 Å². The Hall–Kier alpha value is -2.31. The molecule has 13 heteroatoms. The maximum Gasteiger partial charge on any atom is 0.396 e. The number of nitro groups is 1. The summed E-state index contributed by atoms with van der Waals surface area (Å²) in [5.74, 6) is 0.665. The van der Waals surface area contributed by atoms with Gasteiger partial charge in [0.15, 0.2) is 10.5 Å². The minimum atomic E-state index is -0.509. The number of anilines is 1. The molecular formula is C15H14ClN7O3S2. The van der Waals surface area contributed by atoms with Gasteiger partial charge in [-0.1, -0.05) is 23.4 Å². The summed E-state index contributed by atoms with van der Waals surface area (Å²) in [5, 5.41) is 16.1. The summed E-state index contributed by atoms with van der Waals surface area (Å²) in [7, 11) is 1.70. The van der Waals surface area contributed by atoms with Gasteiger partial charge in [0.05, 0.1) is 10.0 Å². The first-order valence-electron chi connectivity index (χ1n) is 8.50. The third-order valence-electron chi connectivity index (χ3n) is 4.75. The third-order valence-corrected chi connectivity index (χ3v) is 7.22. The first kappa shape index (κ1) is 17.8. The molecule has 3 aliphatic rings. The van der Waals surface area contributed by atoms with E-state index in [1.165, 1.54) is 29.4 Å². The second kappa shape index (κ2) is 6.36. The Kier molecular flexibility index (Phi) is 4.03. The molecule has 0 bridgehead atoms. The molecule has 0 aromatic carbocycles. The van der Waals surface area contributed by atoms with Crippen LogP contribution in [0, 0.1) is 16.0 Å². The highest BCUT2D eigenvalue weighted by Gasteiger charge is 2.46. The van der Waals surface area contributed by atoms with Crippen molar-refractivity contribution in [1.29, 1.82) is 0 Å². The van der Waals surface area contributed by atoms with Gasteiger partial charge in [-0.3, -0.25) is 20.0 Å². The SMILES string of the molecule is Cn1cnc([N+](=O)[O-])c1SC1NN=C2N(CC3CC3)C(=O)c3sc(Cl)cc3N21. The number of guanidine groups is 1. The van der Waals surface area contributed by atoms with Gasteiger partial charge in [0.25, 0.3) is 5.91 Å². The van der Waals surface area contributed by atoms with Crippen molar-refractivity contribution < 1.29 is 9.72 Å². The molecule has 5 rings (SSSR count). The molecule has 0 radical (unpaired) electrons. The Bertz CT molecular complexity index is 1030. The van der Waals surface area contributed by atoms with E-state index in [1.54, 1.807) is 22.6 Å². The number of aromatic nitrogens is 2. The molecule has 2 aliphatic heterocycles. The minimum absolute atomic E-state index is 0.104. The molecule has 1 amide bonds. The molecule has 2 aromatic rings. The fourth-order valence-corrected chi connectivity index (χ4v) is 5.46. The highest BCUT2D eigenvalue weighted by atomic mass is 35.5. The van der Waals surface area contributed by atoms with Gasteiger partial charge in [0.2, 0.25) is 12.3 Å². The Morgan fingerprint density at radius 3 is 3.00 bits per heavy atom. The third kappa shape index (κ3) is 2.74. The number of nitrogens with zero attached hydrogens (tertiary/aromatic N) is 6. The van der Waals surface area contributed by atoms with Crippen LogP contribution in [0.4, 0.5) is 11.5 Å². The van der Waals surface area contributed by atoms with Crippen LogP contribution in [0.2, 0.25) is 4.34 Å². The molecule has 2 aromatic heterocycles. The van der Waals surface area contributed by atoms with Crippen LogP contribution in [-0.2, 0) is 7.05 Å². The van der Waals surface area contributed by atoms with Crippen LogP contribution in [0.3, 0.4) is 0 Å². The molecule has 0 spiro atoms. The second-order valence-corrected chi connectivity index (χ2v) is 9.50. The molecule has 146 valence electrons. The number of carbonyl (C=O) groups excluding carboxylic acids is 1. The van der Waals surface area contributed by atoms with Crippen LogP contribution in [0.5, 0.6) is 0 Å². The number of fused-ring (bicyclic) bond motifs is 3. The Morgan fingerprint density at radius 1 is 1.50 bits per heavy atom. The van der Waals surface area contributed by atoms with Gasteiger partial charge in [-0.25, -0.2) is 0 Å². The lowest BCUT2D eigenvalue weighted by atomic mass is 10.2. The lowest BCUT2D eigenvalue weighted by Gasteiger charge is -2.35. The molecule has 1 atom stereocenters. The van der Waals surface area contributed by atoms with Crippen molar-refractivity contribution in [1.82, 2.24) is 19.9 Å². The summed E-state index contributed by atoms with van der Waals surface area (Å²) in [6.07, 6.45) is 3.60. The van der Waals surface area contributed by atoms with Crippen molar-refractivity contribution in [2.75, 3.05) is 11.4 Å². The number of hydrazone groups is 1. The summed E-state index contributed by atoms with van der Waals surface area (Å²) in [5.41, 5.74) is 3.20. The lowest BCUT2D eigenvalue weighted by Crippen LogP contribution is -2.52. The van der Waals surface area contributed by atoms with Crippen LogP contribution in [0.25, 0.3) is 0 Å². The number of hydrogen-bond acceptors (Lipinski definition) is 9. The van der Waals surface area contributed by atoms with Crippen LogP contribution in [0.15, 0.2) is 22.5 Å². The van der Waals surface area contributed by atoms with E-state index < -0.39 is 10.4 Å². The highest BCUT2D eigenvalue weighted by molar-refractivity contribution is 8.00. The first-order valence-corrected chi connectivity index (χ1v) is 10.6. The summed E-state index contributed by atoms with van der Waals surface area (Å²) < 4.78 is 2.11. The first-order chi connectivity index (χ1) is 13.4. The van der Waals surface area contributed by atoms with E-state index in [0.29, 0.717) is 38.3 Å². The summed E-state index contributed by atoms with van der Waals surface area (Å²) in [6.45, 7) is 0.605. The molecule has 1 aliphatic carbocycles. The summed E-state index contributed by atoms with van der Waals surface area (Å²) in [6, 6.07) is 1.74. The van der Waals surface area contributed by atoms with Crippen LogP contribution < -0.4 is 10.3 Å². The van der Waals surface area contributed by atoms with Crippen LogP contribution in [0.1, 0.15) is 22.5 Å². The van der Waals surface area contributed by atoms with Crippen molar-refractivity contribution in [2.45, 2.75) is 23.4 Å². The number of thiophene rings is 1. The van der Waals surface area contributed by atoms with E-state index in [4.69, 9.17) is 11.6 Å². The Labute approximate surface area is 172 Å². The van der Waals surface area contributed by atoms with Gasteiger partial charge in [-0.15, -0.1) is 16.4 Å². The van der Waals surface area contributed by atoms with Gasteiger partial charge in [-0.05, 0) is 34.7 Å².